The molecule has 0 amide bonds. The van der Waals surface area contributed by atoms with Crippen LogP contribution in [0.3, 0.4) is 0 Å². The number of nitrogens with one attached hydrogen (secondary N) is 1. The van der Waals surface area contributed by atoms with Gasteiger partial charge in [-0.15, -0.1) is 0 Å². The molecular formula is C15H14BrCl2N. The van der Waals surface area contributed by atoms with Gasteiger partial charge in [0.25, 0.3) is 0 Å². The average Bonchev–Trinajstić information content (AvgIpc) is 2.38. The Morgan fingerprint density at radius 3 is 2.47 bits per heavy atom. The smallest absolute Gasteiger partial charge is 0.0589 e. The van der Waals surface area contributed by atoms with Crippen LogP contribution in [0.5, 0.6) is 0 Å². The fourth-order valence-electron chi connectivity index (χ4n) is 2.09. The van der Waals surface area contributed by atoms with Crippen molar-refractivity contribution in [3.63, 3.8) is 0 Å². The summed E-state index contributed by atoms with van der Waals surface area (Å²) in [4.78, 5) is 0. The lowest BCUT2D eigenvalue weighted by molar-refractivity contribution is 0.691. The third kappa shape index (κ3) is 3.32. The van der Waals surface area contributed by atoms with Crippen molar-refractivity contribution in [1.82, 2.24) is 5.32 Å². The maximum absolute atomic E-state index is 6.28. The summed E-state index contributed by atoms with van der Waals surface area (Å²) < 4.78 is 1.10. The van der Waals surface area contributed by atoms with Gasteiger partial charge in [-0.1, -0.05) is 51.3 Å². The van der Waals surface area contributed by atoms with E-state index < -0.39 is 0 Å². The molecule has 4 heteroatoms. The number of hydrogen-bond donors (Lipinski definition) is 1. The van der Waals surface area contributed by atoms with Gasteiger partial charge in [-0.2, -0.15) is 0 Å². The molecule has 2 aromatic rings. The molecule has 0 aromatic heterocycles. The van der Waals surface area contributed by atoms with Crippen molar-refractivity contribution in [2.45, 2.75) is 13.0 Å². The predicted molar refractivity (Wildman–Crippen MR) is 86.2 cm³/mol. The monoisotopic (exact) mass is 357 g/mol. The number of halogens is 3. The molecule has 1 nitrogen and oxygen atoms in total. The van der Waals surface area contributed by atoms with Gasteiger partial charge in [-0.25, -0.2) is 0 Å². The van der Waals surface area contributed by atoms with Crippen molar-refractivity contribution in [1.29, 1.82) is 0 Å². The van der Waals surface area contributed by atoms with Crippen LogP contribution in [0.15, 0.2) is 40.9 Å². The minimum absolute atomic E-state index is 0.0259. The summed E-state index contributed by atoms with van der Waals surface area (Å²) in [6.45, 7) is 2.07. The van der Waals surface area contributed by atoms with Crippen LogP contribution in [0.2, 0.25) is 10.0 Å². The van der Waals surface area contributed by atoms with E-state index in [9.17, 15) is 0 Å². The van der Waals surface area contributed by atoms with Crippen LogP contribution in [0, 0.1) is 6.92 Å². The van der Waals surface area contributed by atoms with E-state index in [-0.39, 0.29) is 6.04 Å². The van der Waals surface area contributed by atoms with E-state index in [4.69, 9.17) is 23.2 Å². The molecule has 0 bridgehead atoms. The SMILES string of the molecule is CNC(c1ccc(Br)c(C)c1)c1cc(Cl)ccc1Cl. The third-order valence-electron chi connectivity index (χ3n) is 3.07. The molecule has 100 valence electrons. The highest BCUT2D eigenvalue weighted by molar-refractivity contribution is 9.10. The zero-order chi connectivity index (χ0) is 14.0. The first-order valence-corrected chi connectivity index (χ1v) is 7.46. The van der Waals surface area contributed by atoms with Crippen molar-refractivity contribution in [2.24, 2.45) is 0 Å². The fraction of sp³-hybridized carbons (Fsp3) is 0.200. The van der Waals surface area contributed by atoms with Crippen LogP contribution in [0.1, 0.15) is 22.7 Å². The first-order chi connectivity index (χ1) is 9.02. The number of rotatable bonds is 3. The second-order valence-electron chi connectivity index (χ2n) is 4.40. The molecule has 0 saturated carbocycles. The van der Waals surface area contributed by atoms with Crippen LogP contribution in [-0.4, -0.2) is 7.05 Å². The Morgan fingerprint density at radius 2 is 1.84 bits per heavy atom. The van der Waals surface area contributed by atoms with Crippen molar-refractivity contribution in [3.8, 4) is 0 Å². The molecular weight excluding hydrogens is 345 g/mol. The number of benzene rings is 2. The van der Waals surface area contributed by atoms with Gasteiger partial charge in [0.05, 0.1) is 6.04 Å². The van der Waals surface area contributed by atoms with Gasteiger partial charge in [-0.3, -0.25) is 0 Å². The van der Waals surface area contributed by atoms with Gasteiger partial charge in [-0.05, 0) is 54.9 Å². The van der Waals surface area contributed by atoms with Gasteiger partial charge in [0.2, 0.25) is 0 Å². The van der Waals surface area contributed by atoms with Gasteiger partial charge in [0.15, 0.2) is 0 Å². The fourth-order valence-corrected chi connectivity index (χ4v) is 2.74. The quantitative estimate of drug-likeness (QED) is 0.777. The Hall–Kier alpha value is -0.540. The molecule has 0 saturated heterocycles. The largest absolute Gasteiger partial charge is 0.309 e. The van der Waals surface area contributed by atoms with E-state index >= 15 is 0 Å². The molecule has 0 aliphatic carbocycles. The Bertz CT molecular complexity index is 599. The molecule has 2 aromatic carbocycles. The van der Waals surface area contributed by atoms with E-state index in [1.807, 2.05) is 25.2 Å². The Kier molecular flexibility index (Phi) is 4.91. The summed E-state index contributed by atoms with van der Waals surface area (Å²) in [6.07, 6.45) is 0. The lowest BCUT2D eigenvalue weighted by Gasteiger charge is -2.19. The molecule has 0 spiro atoms. The number of hydrogen-bond acceptors (Lipinski definition) is 1. The Labute approximate surface area is 132 Å². The predicted octanol–water partition coefficient (Wildman–Crippen LogP) is 5.37. The standard InChI is InChI=1S/C15H14BrCl2N/c1-9-7-10(3-5-13(9)16)15(19-2)12-8-11(17)4-6-14(12)18/h3-8,15,19H,1-2H3. The van der Waals surface area contributed by atoms with E-state index in [2.05, 4.69) is 40.3 Å². The molecule has 0 aliphatic heterocycles. The van der Waals surface area contributed by atoms with Crippen LogP contribution < -0.4 is 5.32 Å². The summed E-state index contributed by atoms with van der Waals surface area (Å²) in [7, 11) is 1.92. The van der Waals surface area contributed by atoms with Crippen molar-refractivity contribution in [2.75, 3.05) is 7.05 Å². The van der Waals surface area contributed by atoms with E-state index in [1.54, 1.807) is 6.07 Å². The summed E-state index contributed by atoms with van der Waals surface area (Å²) in [6, 6.07) is 11.8. The third-order valence-corrected chi connectivity index (χ3v) is 4.54. The molecule has 19 heavy (non-hydrogen) atoms. The lowest BCUT2D eigenvalue weighted by atomic mass is 9.97. The molecule has 1 atom stereocenters. The molecule has 0 aliphatic rings. The second kappa shape index (κ2) is 6.27. The van der Waals surface area contributed by atoms with Gasteiger partial charge in [0.1, 0.15) is 0 Å². The molecule has 0 heterocycles. The van der Waals surface area contributed by atoms with Crippen LogP contribution >= 0.6 is 39.1 Å². The number of aryl methyl sites for hydroxylation is 1. The minimum Gasteiger partial charge on any atom is -0.309 e. The summed E-state index contributed by atoms with van der Waals surface area (Å²) in [5.41, 5.74) is 3.33. The summed E-state index contributed by atoms with van der Waals surface area (Å²) in [5.74, 6) is 0. The first-order valence-electron chi connectivity index (χ1n) is 5.91. The maximum atomic E-state index is 6.28. The normalized spacial score (nSPS) is 12.5. The van der Waals surface area contributed by atoms with Gasteiger partial charge >= 0.3 is 0 Å². The van der Waals surface area contributed by atoms with Gasteiger partial charge in [0, 0.05) is 14.5 Å². The van der Waals surface area contributed by atoms with Crippen molar-refractivity contribution >= 4 is 39.1 Å². The molecule has 0 radical (unpaired) electrons. The maximum Gasteiger partial charge on any atom is 0.0589 e. The van der Waals surface area contributed by atoms with E-state index in [0.29, 0.717) is 10.0 Å². The average molecular weight is 359 g/mol. The lowest BCUT2D eigenvalue weighted by Crippen LogP contribution is -2.18. The van der Waals surface area contributed by atoms with Crippen LogP contribution in [-0.2, 0) is 0 Å². The topological polar surface area (TPSA) is 12.0 Å². The van der Waals surface area contributed by atoms with E-state index in [1.165, 1.54) is 5.56 Å². The van der Waals surface area contributed by atoms with Crippen molar-refractivity contribution < 1.29 is 0 Å². The molecule has 1 N–H and O–H groups in total. The zero-order valence-electron chi connectivity index (χ0n) is 10.7. The second-order valence-corrected chi connectivity index (χ2v) is 6.09. The summed E-state index contributed by atoms with van der Waals surface area (Å²) in [5, 5.41) is 4.69. The van der Waals surface area contributed by atoms with Crippen LogP contribution in [0.25, 0.3) is 0 Å². The first kappa shape index (κ1) is 14.9. The molecule has 0 fully saturated rings. The van der Waals surface area contributed by atoms with Crippen molar-refractivity contribution in [3.05, 3.63) is 67.6 Å². The molecule has 2 rings (SSSR count). The highest BCUT2D eigenvalue weighted by Gasteiger charge is 2.16. The van der Waals surface area contributed by atoms with Crippen LogP contribution in [0.4, 0.5) is 0 Å². The molecule has 1 unspecified atom stereocenters. The summed E-state index contributed by atoms with van der Waals surface area (Å²) >= 11 is 15.9. The highest BCUT2D eigenvalue weighted by Crippen LogP contribution is 2.31. The Morgan fingerprint density at radius 1 is 1.11 bits per heavy atom. The Balaban J connectivity index is 2.49. The minimum atomic E-state index is 0.0259. The zero-order valence-corrected chi connectivity index (χ0v) is 13.8. The van der Waals surface area contributed by atoms with E-state index in [0.717, 1.165) is 15.6 Å². The highest BCUT2D eigenvalue weighted by atomic mass is 79.9. The van der Waals surface area contributed by atoms with Gasteiger partial charge < -0.3 is 5.32 Å².